The van der Waals surface area contributed by atoms with Crippen LogP contribution in [0.15, 0.2) is 18.3 Å². The molecule has 0 atom stereocenters. The molecule has 0 bridgehead atoms. The van der Waals surface area contributed by atoms with Crippen LogP contribution >= 0.6 is 0 Å². The predicted molar refractivity (Wildman–Crippen MR) is 50.6 cm³/mol. The maximum atomic E-state index is 4.17. The molecule has 0 spiro atoms. The van der Waals surface area contributed by atoms with Crippen LogP contribution in [0.3, 0.4) is 0 Å². The van der Waals surface area contributed by atoms with E-state index in [-0.39, 0.29) is 720 Å². The van der Waals surface area contributed by atoms with E-state index in [9.17, 15) is 0 Å². The quantitative estimate of drug-likeness (QED) is 0.432. The summed E-state index contributed by atoms with van der Waals surface area (Å²) in [4.78, 5) is 6.16. The summed E-state index contributed by atoms with van der Waals surface area (Å²) in [5, 5.41) is 0. The number of hydrogen-bond acceptors (Lipinski definition) is 2. The molecule has 0 aromatic carbocycles. The van der Waals surface area contributed by atoms with E-state index in [1.54, 1.807) is 6.20 Å². The Balaban J connectivity index is -0.00000000327. The molecule has 0 aliphatic carbocycles. The maximum Gasteiger partial charge on any atom is 0.00383 e. The van der Waals surface area contributed by atoms with Gasteiger partial charge in [0, 0.05) is 725 Å². The summed E-state index contributed by atoms with van der Waals surface area (Å²) in [6.45, 7) is 6.39. The van der Waals surface area contributed by atoms with Crippen molar-refractivity contribution < 1.29 is 720 Å². The van der Waals surface area contributed by atoms with E-state index in [0.717, 1.165) is 5.82 Å². The molecule has 1 rings (SSSR count). The van der Waals surface area contributed by atoms with Gasteiger partial charge in [-0.3, -0.25) is 4.98 Å². The Hall–Kier alpha value is 23.2. The number of anilines is 1. The first-order valence-corrected chi connectivity index (χ1v) is 4.10. The van der Waals surface area contributed by atoms with Gasteiger partial charge in [-0.25, -0.2) is 18.7 Å². The summed E-state index contributed by atoms with van der Waals surface area (Å²) in [7, 11) is 1.98. The number of rotatable bonds is 3. The van der Waals surface area contributed by atoms with Crippen LogP contribution in [0.25, 0.3) is 0 Å². The summed E-state index contributed by atoms with van der Waals surface area (Å²) >= 11 is 0. The van der Waals surface area contributed by atoms with Gasteiger partial charge in [-0.15, -0.1) is 0 Å². The summed E-state index contributed by atoms with van der Waals surface area (Å²) < 4.78 is 0. The average Bonchev–Trinajstić information content (AvgIpc) is 2.05. The Kier molecular flexibility index (Phi) is 503. The number of aromatic nitrogens is 1. The molecule has 0 saturated carbocycles. The van der Waals surface area contributed by atoms with Crippen molar-refractivity contribution in [3.05, 3.63) is 30.9 Å². The maximum absolute atomic E-state index is 4.17. The normalized spacial score (nSPS) is 3.65. The predicted octanol–water partition coefficient (Wildman–Crippen LogP) is 2.08. The van der Waals surface area contributed by atoms with Crippen LogP contribution in [0.1, 0.15) is 13.8 Å². The molecule has 0 aliphatic rings. The van der Waals surface area contributed by atoms with Gasteiger partial charge in [0.15, 0.2) is 0 Å². The molecule has 0 N–H and O–H groups in total. The average molecular weight is 2120 g/mol. The monoisotopic (exact) mass is 2120 g/mol. The summed E-state index contributed by atoms with van der Waals surface area (Å²) in [5.74, 6) is 1.40. The van der Waals surface area contributed by atoms with Gasteiger partial charge in [0.25, 0.3) is 0 Å². The first kappa shape index (κ1) is 146. The minimum atomic E-state index is 0. The van der Waals surface area contributed by atoms with E-state index < -0.39 is 0 Å². The Labute approximate surface area is 765 Å². The van der Waals surface area contributed by atoms with Crippen LogP contribution in [0.4, 0.5) is 5.82 Å². The molecule has 132 valence electrons. The van der Waals surface area contributed by atoms with E-state index in [4.69, 9.17) is 0 Å². The van der Waals surface area contributed by atoms with Crippen molar-refractivity contribution in [3.63, 3.8) is 0 Å². The molecule has 34 heavy (non-hydrogen) atoms. The van der Waals surface area contributed by atoms with Gasteiger partial charge >= 0.3 is 0 Å². The fraction of sp³-hybridized carbons (Fsp3) is 0.400. The van der Waals surface area contributed by atoms with Gasteiger partial charge < -0.3 is 4.90 Å². The van der Waals surface area contributed by atoms with Crippen LogP contribution in [-0.4, -0.2) is 12.0 Å². The molecule has 0 saturated heterocycles. The molecule has 1 heterocycles. The number of pyridine rings is 1. The zero-order chi connectivity index (χ0) is 8.97. The van der Waals surface area contributed by atoms with Crippen molar-refractivity contribution in [2.75, 3.05) is 11.9 Å². The molecule has 24 heteroatoms. The van der Waals surface area contributed by atoms with Crippen LogP contribution < -0.4 is 4.90 Å². The molecule has 1 aromatic heterocycles. The molecule has 0 amide bonds. The fourth-order valence-electron chi connectivity index (χ4n) is 1.03. The van der Waals surface area contributed by atoms with Crippen molar-refractivity contribution in [1.82, 2.24) is 4.98 Å². The van der Waals surface area contributed by atoms with Gasteiger partial charge in [0.2, 0.25) is 0 Å². The van der Waals surface area contributed by atoms with Gasteiger partial charge in [-0.1, -0.05) is 20.0 Å². The second kappa shape index (κ2) is 117. The van der Waals surface area contributed by atoms with E-state index in [1.807, 2.05) is 24.1 Å². The molecule has 0 aliphatic heterocycles. The molecular formula is C10H14N2Y22-2. The first-order valence-electron chi connectivity index (χ1n) is 4.10. The summed E-state index contributed by atoms with van der Waals surface area (Å²) in [6, 6.07) is 6.79. The third kappa shape index (κ3) is 106. The largest absolute Gasteiger partial charge is 0.525 e. The minimum Gasteiger partial charge on any atom is -0.525 e. The van der Waals surface area contributed by atoms with Crippen molar-refractivity contribution in [2.24, 2.45) is 5.92 Å². The third-order valence-electron chi connectivity index (χ3n) is 1.45. The van der Waals surface area contributed by atoms with Crippen LogP contribution in [0.5, 0.6) is 0 Å². The molecule has 2 nitrogen and oxygen atoms in total. The smallest absolute Gasteiger partial charge is 0.00383 e. The van der Waals surface area contributed by atoms with Crippen molar-refractivity contribution in [2.45, 2.75) is 13.8 Å². The second-order valence-corrected chi connectivity index (χ2v) is 3.11. The standard InChI is InChI=1S/C10H14N2.22Y/c1-9(2)8-12(3)10-6-4-5-7-11-10;;;;;;;;;;;;;;;;;;;;;;/h4-5,7-9H,1-3H3;;;;;;;;;;;;;;;;;;;;;;/q-2;;;;;;;;;;;;;;;;;;;;;;. The van der Waals surface area contributed by atoms with Gasteiger partial charge in [-0.05, 0) is 7.05 Å². The Morgan fingerprint density at radius 2 is 0.853 bits per heavy atom. The van der Waals surface area contributed by atoms with Crippen LogP contribution in [0.2, 0.25) is 0 Å². The van der Waals surface area contributed by atoms with Crippen molar-refractivity contribution in [1.29, 1.82) is 0 Å². The molecule has 0 fully saturated rings. The first-order chi connectivity index (χ1) is 5.70. The second-order valence-electron chi connectivity index (χ2n) is 3.11. The topological polar surface area (TPSA) is 16.1 Å². The van der Waals surface area contributed by atoms with Crippen molar-refractivity contribution in [3.8, 4) is 0 Å². The number of hydrogen-bond donors (Lipinski definition) is 0. The van der Waals surface area contributed by atoms with E-state index >= 15 is 0 Å². The van der Waals surface area contributed by atoms with Crippen molar-refractivity contribution >= 4 is 5.82 Å². The Bertz CT molecular complexity index is 250. The Morgan fingerprint density at radius 1 is 0.588 bits per heavy atom. The minimum absolute atomic E-state index is 0. The van der Waals surface area contributed by atoms with Gasteiger partial charge in [0.1, 0.15) is 0 Å². The summed E-state index contributed by atoms with van der Waals surface area (Å²) in [6.07, 6.45) is 1.77. The van der Waals surface area contributed by atoms with E-state index in [0.29, 0.717) is 5.92 Å². The number of nitrogens with zero attached hydrogens (tertiary/aromatic N) is 2. The zero-order valence-electron chi connectivity index (χ0n) is 20.5. The zero-order valence-corrected chi connectivity index (χ0v) is 82.9. The molecular weight excluding hydrogens is 2100 g/mol. The molecule has 1 aromatic rings. The summed E-state index contributed by atoms with van der Waals surface area (Å²) in [5.41, 5.74) is 0. The molecule has 0 unspecified atom stereocenters. The SMILES string of the molecule is CC(C)[CH-]N(C)c1[c-]cccn1.[Y].[Y].[Y].[Y].[Y].[Y].[Y].[Y].[Y].[Y].[Y].[Y].[Y].[Y].[Y].[Y].[Y].[Y].[Y].[Y].[Y].[Y]. The third-order valence-corrected chi connectivity index (χ3v) is 1.45. The van der Waals surface area contributed by atoms with Crippen LogP contribution in [-0.2, 0) is 720 Å². The fourth-order valence-corrected chi connectivity index (χ4v) is 1.03. The molecule has 22 radical (unpaired) electrons. The van der Waals surface area contributed by atoms with E-state index in [2.05, 4.69) is 31.4 Å². The van der Waals surface area contributed by atoms with Gasteiger partial charge in [-0.2, -0.15) is 12.0 Å². The van der Waals surface area contributed by atoms with Gasteiger partial charge in [0.05, 0.1) is 0 Å². The van der Waals surface area contributed by atoms with E-state index in [1.165, 1.54) is 0 Å². The van der Waals surface area contributed by atoms with Crippen LogP contribution in [0, 0.1) is 18.5 Å². The Morgan fingerprint density at radius 3 is 1.03 bits per heavy atom.